The molecule has 0 aromatic heterocycles. The van der Waals surface area contributed by atoms with Crippen LogP contribution in [0.3, 0.4) is 0 Å². The number of sulfone groups is 2. The number of carbonyl (C=O) groups is 1. The normalized spacial score (nSPS) is 15.1. The number of piperazine rings is 1. The minimum absolute atomic E-state index is 0.0297. The first-order valence-electron chi connectivity index (χ1n) is 10.3. The summed E-state index contributed by atoms with van der Waals surface area (Å²) in [6.07, 6.45) is 1.82. The molecule has 1 heterocycles. The molecule has 1 aliphatic heterocycles. The lowest BCUT2D eigenvalue weighted by molar-refractivity contribution is 0.0740. The van der Waals surface area contributed by atoms with E-state index in [0.717, 1.165) is 12.5 Å². The van der Waals surface area contributed by atoms with Gasteiger partial charge < -0.3 is 14.5 Å². The largest absolute Gasteiger partial charge is 0.490 e. The van der Waals surface area contributed by atoms with E-state index in [9.17, 15) is 26.0 Å². The van der Waals surface area contributed by atoms with Crippen LogP contribution >= 0.6 is 0 Å². The summed E-state index contributed by atoms with van der Waals surface area (Å²) in [5, 5.41) is 0. The molecule has 0 radical (unpaired) electrons. The van der Waals surface area contributed by atoms with Crippen LogP contribution in [0.25, 0.3) is 0 Å². The average molecular weight is 499 g/mol. The van der Waals surface area contributed by atoms with E-state index in [-0.39, 0.29) is 27.4 Å². The minimum atomic E-state index is -3.66. The maximum absolute atomic E-state index is 14.3. The SMILES string of the molecule is CC(C)Oc1ccc(S(C)(=O)=O)cc1C(=O)N1CCN(c2ccc(S(C)(=O)=O)c(F)c2)CC1. The van der Waals surface area contributed by atoms with Crippen molar-refractivity contribution in [2.24, 2.45) is 0 Å². The Morgan fingerprint density at radius 2 is 1.58 bits per heavy atom. The summed E-state index contributed by atoms with van der Waals surface area (Å²) in [6.45, 7) is 5.06. The molecule has 1 amide bonds. The third-order valence-corrected chi connectivity index (χ3v) is 7.46. The van der Waals surface area contributed by atoms with Crippen LogP contribution in [0.4, 0.5) is 10.1 Å². The Labute approximate surface area is 193 Å². The Bertz CT molecular complexity index is 1270. The molecule has 0 N–H and O–H groups in total. The maximum Gasteiger partial charge on any atom is 0.257 e. The molecule has 1 aliphatic rings. The van der Waals surface area contributed by atoms with Crippen LogP contribution in [0.15, 0.2) is 46.2 Å². The molecule has 1 saturated heterocycles. The number of anilines is 1. The number of halogens is 1. The molecule has 180 valence electrons. The van der Waals surface area contributed by atoms with Gasteiger partial charge in [-0.05, 0) is 50.2 Å². The Hall–Kier alpha value is -2.66. The first-order chi connectivity index (χ1) is 15.3. The molecular formula is C22H27FN2O6S2. The quantitative estimate of drug-likeness (QED) is 0.603. The third-order valence-electron chi connectivity index (χ3n) is 5.22. The molecule has 8 nitrogen and oxygen atoms in total. The predicted octanol–water partition coefficient (Wildman–Crippen LogP) is 2.38. The van der Waals surface area contributed by atoms with E-state index < -0.39 is 25.5 Å². The first kappa shape index (κ1) is 25.0. The number of amides is 1. The van der Waals surface area contributed by atoms with E-state index in [4.69, 9.17) is 4.74 Å². The van der Waals surface area contributed by atoms with Crippen LogP contribution in [-0.4, -0.2) is 72.4 Å². The van der Waals surface area contributed by atoms with Gasteiger partial charge in [-0.1, -0.05) is 0 Å². The van der Waals surface area contributed by atoms with Gasteiger partial charge in [0.25, 0.3) is 5.91 Å². The van der Waals surface area contributed by atoms with Crippen molar-refractivity contribution in [3.63, 3.8) is 0 Å². The zero-order valence-electron chi connectivity index (χ0n) is 18.9. The Morgan fingerprint density at radius 1 is 0.939 bits per heavy atom. The molecule has 2 aromatic rings. The number of ether oxygens (including phenoxy) is 1. The van der Waals surface area contributed by atoms with Crippen LogP contribution in [-0.2, 0) is 19.7 Å². The van der Waals surface area contributed by atoms with Gasteiger partial charge in [0.15, 0.2) is 19.7 Å². The third kappa shape index (κ3) is 5.83. The Balaban J connectivity index is 1.80. The van der Waals surface area contributed by atoms with Gasteiger partial charge in [-0.25, -0.2) is 21.2 Å². The summed E-state index contributed by atoms with van der Waals surface area (Å²) in [7, 11) is -7.17. The van der Waals surface area contributed by atoms with Crippen molar-refractivity contribution in [2.75, 3.05) is 43.6 Å². The van der Waals surface area contributed by atoms with Crippen molar-refractivity contribution in [3.8, 4) is 5.75 Å². The average Bonchev–Trinajstić information content (AvgIpc) is 2.71. The van der Waals surface area contributed by atoms with Crippen LogP contribution in [0.5, 0.6) is 5.75 Å². The van der Waals surface area contributed by atoms with Crippen molar-refractivity contribution in [1.29, 1.82) is 0 Å². The van der Waals surface area contributed by atoms with Gasteiger partial charge in [-0.15, -0.1) is 0 Å². The summed E-state index contributed by atoms with van der Waals surface area (Å²) >= 11 is 0. The summed E-state index contributed by atoms with van der Waals surface area (Å²) < 4.78 is 67.2. The van der Waals surface area contributed by atoms with E-state index >= 15 is 0 Å². The molecule has 11 heteroatoms. The molecule has 1 fully saturated rings. The summed E-state index contributed by atoms with van der Waals surface area (Å²) in [4.78, 5) is 16.4. The standard InChI is InChI=1S/C22H27FN2O6S2/c1-15(2)31-20-7-6-17(32(3,27)28)14-18(20)22(26)25-11-9-24(10-12-25)16-5-8-21(19(23)13-16)33(4,29)30/h5-8,13-15H,9-12H2,1-4H3. The lowest BCUT2D eigenvalue weighted by atomic mass is 10.1. The van der Waals surface area contributed by atoms with Gasteiger partial charge in [0.05, 0.1) is 16.6 Å². The predicted molar refractivity (Wildman–Crippen MR) is 123 cm³/mol. The highest BCUT2D eigenvalue weighted by molar-refractivity contribution is 7.91. The van der Waals surface area contributed by atoms with E-state index in [2.05, 4.69) is 0 Å². The molecule has 0 unspecified atom stereocenters. The van der Waals surface area contributed by atoms with Crippen LogP contribution in [0.1, 0.15) is 24.2 Å². The molecule has 0 aliphatic carbocycles. The number of carbonyl (C=O) groups excluding carboxylic acids is 1. The second-order valence-electron chi connectivity index (χ2n) is 8.26. The summed E-state index contributed by atoms with van der Waals surface area (Å²) in [6, 6.07) is 8.20. The monoisotopic (exact) mass is 498 g/mol. The Kier molecular flexibility index (Phi) is 7.04. The van der Waals surface area contributed by atoms with Crippen molar-refractivity contribution >= 4 is 31.3 Å². The molecular weight excluding hydrogens is 471 g/mol. The highest BCUT2D eigenvalue weighted by Gasteiger charge is 2.27. The topological polar surface area (TPSA) is 101 Å². The van der Waals surface area contributed by atoms with Crippen LogP contribution < -0.4 is 9.64 Å². The molecule has 33 heavy (non-hydrogen) atoms. The molecule has 0 spiro atoms. The van der Waals surface area contributed by atoms with E-state index in [1.165, 1.54) is 30.3 Å². The maximum atomic E-state index is 14.3. The fourth-order valence-electron chi connectivity index (χ4n) is 3.59. The van der Waals surface area contributed by atoms with Gasteiger partial charge in [-0.3, -0.25) is 4.79 Å². The molecule has 0 saturated carbocycles. The van der Waals surface area contributed by atoms with Crippen LogP contribution in [0.2, 0.25) is 0 Å². The lowest BCUT2D eigenvalue weighted by Gasteiger charge is -2.36. The summed E-state index contributed by atoms with van der Waals surface area (Å²) in [5.74, 6) is -0.862. The van der Waals surface area contributed by atoms with Gasteiger partial charge >= 0.3 is 0 Å². The molecule has 0 bridgehead atoms. The lowest BCUT2D eigenvalue weighted by Crippen LogP contribution is -2.49. The van der Waals surface area contributed by atoms with Gasteiger partial charge in [0, 0.05) is 44.4 Å². The smallest absolute Gasteiger partial charge is 0.257 e. The zero-order chi connectivity index (χ0) is 24.6. The summed E-state index contributed by atoms with van der Waals surface area (Å²) in [5.41, 5.74) is 0.693. The number of hydrogen-bond acceptors (Lipinski definition) is 7. The van der Waals surface area contributed by atoms with Gasteiger partial charge in [0.1, 0.15) is 16.5 Å². The fourth-order valence-corrected chi connectivity index (χ4v) is 4.96. The fraction of sp³-hybridized carbons (Fsp3) is 0.409. The van der Waals surface area contributed by atoms with Crippen LogP contribution in [0, 0.1) is 5.82 Å². The molecule has 0 atom stereocenters. The van der Waals surface area contributed by atoms with Crippen molar-refractivity contribution < 1.29 is 30.8 Å². The highest BCUT2D eigenvalue weighted by atomic mass is 32.2. The number of rotatable bonds is 6. The van der Waals surface area contributed by atoms with E-state index in [0.29, 0.717) is 37.6 Å². The van der Waals surface area contributed by atoms with E-state index in [1.807, 2.05) is 18.7 Å². The molecule has 2 aromatic carbocycles. The highest BCUT2D eigenvalue weighted by Crippen LogP contribution is 2.27. The van der Waals surface area contributed by atoms with Crippen molar-refractivity contribution in [2.45, 2.75) is 29.7 Å². The second kappa shape index (κ2) is 9.30. The number of benzene rings is 2. The van der Waals surface area contributed by atoms with Gasteiger partial charge in [-0.2, -0.15) is 0 Å². The van der Waals surface area contributed by atoms with Gasteiger partial charge in [0.2, 0.25) is 0 Å². The molecule has 3 rings (SSSR count). The second-order valence-corrected chi connectivity index (χ2v) is 12.3. The number of nitrogens with zero attached hydrogens (tertiary/aromatic N) is 2. The number of hydrogen-bond donors (Lipinski definition) is 0. The van der Waals surface area contributed by atoms with Crippen molar-refractivity contribution in [1.82, 2.24) is 4.90 Å². The Morgan fingerprint density at radius 3 is 2.09 bits per heavy atom. The van der Waals surface area contributed by atoms with E-state index in [1.54, 1.807) is 11.0 Å². The zero-order valence-corrected chi connectivity index (χ0v) is 20.5. The van der Waals surface area contributed by atoms with Crippen molar-refractivity contribution in [3.05, 3.63) is 47.8 Å². The first-order valence-corrected chi connectivity index (χ1v) is 14.1. The minimum Gasteiger partial charge on any atom is -0.490 e.